The van der Waals surface area contributed by atoms with Crippen molar-refractivity contribution in [2.45, 2.75) is 25.1 Å². The van der Waals surface area contributed by atoms with Gasteiger partial charge in [-0.2, -0.15) is 11.8 Å². The molecule has 1 unspecified atom stereocenters. The molecule has 1 heterocycles. The van der Waals surface area contributed by atoms with Gasteiger partial charge in [-0.25, -0.2) is 4.39 Å². The Bertz CT molecular complexity index is 465. The fraction of sp³-hybridized carbons (Fsp3) is 0.500. The summed E-state index contributed by atoms with van der Waals surface area (Å²) in [5, 5.41) is 0.712. The maximum atomic E-state index is 13.5. The monoisotopic (exact) mass is 298 g/mol. The summed E-state index contributed by atoms with van der Waals surface area (Å²) >= 11 is 6.92. The Hall–Kier alpha value is -0.650. The Balaban J connectivity index is 2.06. The summed E-state index contributed by atoms with van der Waals surface area (Å²) in [4.78, 5) is 2.54. The lowest BCUT2D eigenvalue weighted by molar-refractivity contribution is 0.273. The molecule has 0 amide bonds. The van der Waals surface area contributed by atoms with Crippen molar-refractivity contribution >= 4 is 29.0 Å². The number of halogens is 1. The molecule has 2 nitrogen and oxygen atoms in total. The predicted molar refractivity (Wildman–Crippen MR) is 84.1 cm³/mol. The molecule has 0 spiro atoms. The van der Waals surface area contributed by atoms with Crippen molar-refractivity contribution in [1.29, 1.82) is 0 Å². The molecular formula is C14H19FN2S2. The van der Waals surface area contributed by atoms with Crippen LogP contribution in [0.15, 0.2) is 18.2 Å². The first kappa shape index (κ1) is 14.8. The molecule has 0 radical (unpaired) electrons. The molecular weight excluding hydrogens is 279 g/mol. The molecule has 1 aromatic rings. The number of nitrogens with two attached hydrogens (primary N) is 1. The summed E-state index contributed by atoms with van der Waals surface area (Å²) in [5.41, 5.74) is 6.96. The van der Waals surface area contributed by atoms with E-state index in [1.165, 1.54) is 18.2 Å². The fourth-order valence-corrected chi connectivity index (χ4v) is 3.69. The Morgan fingerprint density at radius 1 is 1.58 bits per heavy atom. The largest absolute Gasteiger partial charge is 0.389 e. The van der Waals surface area contributed by atoms with E-state index in [2.05, 4.69) is 11.8 Å². The van der Waals surface area contributed by atoms with Gasteiger partial charge in [0.2, 0.25) is 0 Å². The summed E-state index contributed by atoms with van der Waals surface area (Å²) in [6.07, 6.45) is 1.20. The molecule has 2 rings (SSSR count). The highest BCUT2D eigenvalue weighted by atomic mass is 32.2. The minimum Gasteiger partial charge on any atom is -0.389 e. The van der Waals surface area contributed by atoms with Crippen molar-refractivity contribution in [3.63, 3.8) is 0 Å². The van der Waals surface area contributed by atoms with Gasteiger partial charge in [0.05, 0.1) is 0 Å². The summed E-state index contributed by atoms with van der Waals surface area (Å²) in [6.45, 7) is 5.25. The van der Waals surface area contributed by atoms with E-state index in [9.17, 15) is 4.39 Å². The van der Waals surface area contributed by atoms with Crippen LogP contribution in [0.5, 0.6) is 0 Å². The van der Waals surface area contributed by atoms with Gasteiger partial charge in [0.1, 0.15) is 10.8 Å². The highest BCUT2D eigenvalue weighted by molar-refractivity contribution is 8.00. The van der Waals surface area contributed by atoms with E-state index < -0.39 is 0 Å². The molecule has 1 aliphatic rings. The molecule has 1 aliphatic heterocycles. The molecule has 0 aliphatic carbocycles. The Morgan fingerprint density at radius 2 is 2.37 bits per heavy atom. The SMILES string of the molecule is CCC1CN(Cc2ccc(F)c(C(N)=S)c2)CCS1. The van der Waals surface area contributed by atoms with E-state index in [1.54, 1.807) is 6.07 Å². The van der Waals surface area contributed by atoms with Gasteiger partial charge in [0.25, 0.3) is 0 Å². The third-order valence-electron chi connectivity index (χ3n) is 3.38. The average molecular weight is 298 g/mol. The molecule has 0 saturated carbocycles. The van der Waals surface area contributed by atoms with Gasteiger partial charge in [-0.3, -0.25) is 4.90 Å². The van der Waals surface area contributed by atoms with Crippen molar-refractivity contribution in [2.24, 2.45) is 5.73 Å². The first-order valence-corrected chi connectivity index (χ1v) is 7.98. The number of benzene rings is 1. The second-order valence-corrected chi connectivity index (χ2v) is 6.66. The van der Waals surface area contributed by atoms with Crippen LogP contribution < -0.4 is 5.73 Å². The Labute approximate surface area is 123 Å². The van der Waals surface area contributed by atoms with Crippen molar-refractivity contribution in [3.05, 3.63) is 35.1 Å². The summed E-state index contributed by atoms with van der Waals surface area (Å²) in [5.74, 6) is 0.832. The second-order valence-electron chi connectivity index (χ2n) is 4.81. The summed E-state index contributed by atoms with van der Waals surface area (Å²) in [7, 11) is 0. The first-order valence-electron chi connectivity index (χ1n) is 6.52. The van der Waals surface area contributed by atoms with Gasteiger partial charge in [-0.15, -0.1) is 0 Å². The van der Waals surface area contributed by atoms with Crippen LogP contribution in [0.25, 0.3) is 0 Å². The highest BCUT2D eigenvalue weighted by Crippen LogP contribution is 2.22. The van der Waals surface area contributed by atoms with Crippen LogP contribution in [0.3, 0.4) is 0 Å². The topological polar surface area (TPSA) is 29.3 Å². The number of thiocarbonyl (C=S) groups is 1. The summed E-state index contributed by atoms with van der Waals surface area (Å²) < 4.78 is 13.5. The van der Waals surface area contributed by atoms with Crippen LogP contribution in [-0.2, 0) is 6.54 Å². The molecule has 5 heteroatoms. The van der Waals surface area contributed by atoms with Crippen molar-refractivity contribution in [1.82, 2.24) is 4.90 Å². The molecule has 19 heavy (non-hydrogen) atoms. The van der Waals surface area contributed by atoms with Gasteiger partial charge in [-0.1, -0.05) is 25.2 Å². The van der Waals surface area contributed by atoms with E-state index >= 15 is 0 Å². The average Bonchev–Trinajstić information content (AvgIpc) is 2.41. The number of thioether (sulfide) groups is 1. The van der Waals surface area contributed by atoms with Crippen molar-refractivity contribution in [2.75, 3.05) is 18.8 Å². The lowest BCUT2D eigenvalue weighted by Crippen LogP contribution is -2.37. The molecule has 2 N–H and O–H groups in total. The van der Waals surface area contributed by atoms with Crippen LogP contribution in [0.1, 0.15) is 24.5 Å². The van der Waals surface area contributed by atoms with E-state index in [0.29, 0.717) is 10.8 Å². The van der Waals surface area contributed by atoms with Gasteiger partial charge >= 0.3 is 0 Å². The maximum Gasteiger partial charge on any atom is 0.133 e. The smallest absolute Gasteiger partial charge is 0.133 e. The Morgan fingerprint density at radius 3 is 3.05 bits per heavy atom. The number of rotatable bonds is 4. The van der Waals surface area contributed by atoms with Crippen LogP contribution in [0, 0.1) is 5.82 Å². The van der Waals surface area contributed by atoms with Crippen molar-refractivity contribution < 1.29 is 4.39 Å². The predicted octanol–water partition coefficient (Wildman–Crippen LogP) is 2.79. The van der Waals surface area contributed by atoms with Crippen LogP contribution >= 0.6 is 24.0 Å². The van der Waals surface area contributed by atoms with Crippen LogP contribution in [-0.4, -0.2) is 34.0 Å². The zero-order valence-electron chi connectivity index (χ0n) is 11.1. The quantitative estimate of drug-likeness (QED) is 0.866. The molecule has 0 aromatic heterocycles. The minimum absolute atomic E-state index is 0.125. The molecule has 104 valence electrons. The van der Waals surface area contributed by atoms with Gasteiger partial charge < -0.3 is 5.73 Å². The lowest BCUT2D eigenvalue weighted by atomic mass is 10.1. The number of nitrogens with zero attached hydrogens (tertiary/aromatic N) is 1. The van der Waals surface area contributed by atoms with E-state index in [0.717, 1.165) is 25.2 Å². The Kier molecular flexibility index (Phi) is 5.19. The normalized spacial score (nSPS) is 20.4. The van der Waals surface area contributed by atoms with Crippen LogP contribution in [0.2, 0.25) is 0 Å². The highest BCUT2D eigenvalue weighted by Gasteiger charge is 2.19. The van der Waals surface area contributed by atoms with Gasteiger partial charge in [0.15, 0.2) is 0 Å². The van der Waals surface area contributed by atoms with Crippen molar-refractivity contribution in [3.8, 4) is 0 Å². The number of hydrogen-bond acceptors (Lipinski definition) is 3. The third kappa shape index (κ3) is 3.91. The number of hydrogen-bond donors (Lipinski definition) is 1. The second kappa shape index (κ2) is 6.68. The first-order chi connectivity index (χ1) is 9.10. The molecule has 1 aromatic carbocycles. The minimum atomic E-state index is -0.336. The summed E-state index contributed by atoms with van der Waals surface area (Å²) in [6, 6.07) is 5.06. The molecule has 0 bridgehead atoms. The third-order valence-corrected chi connectivity index (χ3v) is 4.97. The van der Waals surface area contributed by atoms with Crippen LogP contribution in [0.4, 0.5) is 4.39 Å². The molecule has 1 saturated heterocycles. The van der Waals surface area contributed by atoms with E-state index in [4.69, 9.17) is 18.0 Å². The zero-order valence-corrected chi connectivity index (χ0v) is 12.7. The van der Waals surface area contributed by atoms with E-state index in [1.807, 2.05) is 17.8 Å². The van der Waals surface area contributed by atoms with E-state index in [-0.39, 0.29) is 10.8 Å². The maximum absolute atomic E-state index is 13.5. The molecule has 1 atom stereocenters. The zero-order chi connectivity index (χ0) is 13.8. The lowest BCUT2D eigenvalue weighted by Gasteiger charge is -2.31. The van der Waals surface area contributed by atoms with Gasteiger partial charge in [-0.05, 0) is 24.1 Å². The fourth-order valence-electron chi connectivity index (χ4n) is 2.29. The van der Waals surface area contributed by atoms with Gasteiger partial charge in [0, 0.05) is 36.2 Å². The molecule has 1 fully saturated rings. The standard InChI is InChI=1S/C14H19FN2S2/c1-2-11-9-17(5-6-19-11)8-10-3-4-13(15)12(7-10)14(16)18/h3-4,7,11H,2,5-6,8-9H2,1H3,(H2,16,18).